The second-order valence-corrected chi connectivity index (χ2v) is 2.98. The first kappa shape index (κ1) is 11.1. The quantitative estimate of drug-likeness (QED) is 0.731. The van der Waals surface area contributed by atoms with Crippen LogP contribution in [0.1, 0.15) is 23.8 Å². The number of anilines is 1. The number of nitrogens with zero attached hydrogens (tertiary/aromatic N) is 1. The summed E-state index contributed by atoms with van der Waals surface area (Å²) in [4.78, 5) is 14.6. The molecule has 0 saturated carbocycles. The van der Waals surface area contributed by atoms with E-state index >= 15 is 0 Å². The molecule has 0 spiro atoms. The summed E-state index contributed by atoms with van der Waals surface area (Å²) in [5.41, 5.74) is 0.445. The summed E-state index contributed by atoms with van der Waals surface area (Å²) in [5.74, 6) is 1.47. The zero-order valence-corrected chi connectivity index (χ0v) is 8.40. The van der Waals surface area contributed by atoms with Crippen molar-refractivity contribution in [3.8, 4) is 12.3 Å². The Morgan fingerprint density at radius 1 is 1.80 bits per heavy atom. The van der Waals surface area contributed by atoms with Crippen LogP contribution in [0.3, 0.4) is 0 Å². The van der Waals surface area contributed by atoms with Crippen molar-refractivity contribution in [3.63, 3.8) is 0 Å². The Labute approximate surface area is 88.3 Å². The lowest BCUT2D eigenvalue weighted by Gasteiger charge is -2.13. The summed E-state index contributed by atoms with van der Waals surface area (Å²) in [6, 6.07) is 3.14. The SMILES string of the molecule is C#CC(CC)Nc1cccnc1C(=O)O. The molecule has 15 heavy (non-hydrogen) atoms. The number of carboxylic acids is 1. The van der Waals surface area contributed by atoms with E-state index in [1.807, 2.05) is 6.92 Å². The third kappa shape index (κ3) is 2.71. The predicted octanol–water partition coefficient (Wildman–Crippen LogP) is 1.60. The van der Waals surface area contributed by atoms with E-state index in [0.29, 0.717) is 5.69 Å². The van der Waals surface area contributed by atoms with Gasteiger partial charge in [-0.2, -0.15) is 0 Å². The van der Waals surface area contributed by atoms with Gasteiger partial charge in [-0.05, 0) is 18.6 Å². The summed E-state index contributed by atoms with van der Waals surface area (Å²) in [6.07, 6.45) is 7.44. The second-order valence-electron chi connectivity index (χ2n) is 2.98. The van der Waals surface area contributed by atoms with E-state index in [9.17, 15) is 4.79 Å². The number of carbonyl (C=O) groups is 1. The number of terminal acetylenes is 1. The molecule has 2 N–H and O–H groups in total. The van der Waals surface area contributed by atoms with E-state index in [1.54, 1.807) is 12.1 Å². The molecule has 0 amide bonds. The van der Waals surface area contributed by atoms with Gasteiger partial charge in [-0.3, -0.25) is 0 Å². The molecule has 0 aromatic carbocycles. The third-order valence-electron chi connectivity index (χ3n) is 1.95. The van der Waals surface area contributed by atoms with Crippen molar-refractivity contribution in [2.45, 2.75) is 19.4 Å². The van der Waals surface area contributed by atoms with E-state index in [1.165, 1.54) is 6.20 Å². The number of aromatic nitrogens is 1. The molecule has 0 saturated heterocycles. The maximum Gasteiger partial charge on any atom is 0.356 e. The third-order valence-corrected chi connectivity index (χ3v) is 1.95. The Morgan fingerprint density at radius 3 is 3.07 bits per heavy atom. The molecule has 0 aliphatic carbocycles. The molecule has 1 atom stereocenters. The van der Waals surface area contributed by atoms with Crippen LogP contribution < -0.4 is 5.32 Å². The highest BCUT2D eigenvalue weighted by Gasteiger charge is 2.12. The molecule has 0 aliphatic rings. The molecule has 0 aliphatic heterocycles. The number of hydrogen-bond acceptors (Lipinski definition) is 3. The van der Waals surface area contributed by atoms with Crippen LogP contribution in [0.4, 0.5) is 5.69 Å². The smallest absolute Gasteiger partial charge is 0.356 e. The number of carboxylic acid groups (broad SMARTS) is 1. The first-order chi connectivity index (χ1) is 7.19. The largest absolute Gasteiger partial charge is 0.476 e. The van der Waals surface area contributed by atoms with Crippen LogP contribution in [0, 0.1) is 12.3 Å². The Hall–Kier alpha value is -2.02. The maximum absolute atomic E-state index is 10.8. The average Bonchev–Trinajstić information content (AvgIpc) is 2.26. The van der Waals surface area contributed by atoms with Gasteiger partial charge in [-0.25, -0.2) is 9.78 Å². The van der Waals surface area contributed by atoms with Gasteiger partial charge in [0.2, 0.25) is 0 Å². The molecule has 0 radical (unpaired) electrons. The topological polar surface area (TPSA) is 62.2 Å². The van der Waals surface area contributed by atoms with Crippen molar-refractivity contribution in [1.29, 1.82) is 0 Å². The molecule has 4 heteroatoms. The summed E-state index contributed by atoms with van der Waals surface area (Å²) < 4.78 is 0. The first-order valence-corrected chi connectivity index (χ1v) is 4.60. The van der Waals surface area contributed by atoms with E-state index in [0.717, 1.165) is 6.42 Å². The summed E-state index contributed by atoms with van der Waals surface area (Å²) in [5, 5.41) is 11.8. The minimum absolute atomic E-state index is 0.00815. The van der Waals surface area contributed by atoms with Crippen molar-refractivity contribution in [1.82, 2.24) is 4.98 Å². The molecule has 0 fully saturated rings. The van der Waals surface area contributed by atoms with Gasteiger partial charge in [0.05, 0.1) is 11.7 Å². The fourth-order valence-electron chi connectivity index (χ4n) is 1.14. The summed E-state index contributed by atoms with van der Waals surface area (Å²) >= 11 is 0. The number of nitrogens with one attached hydrogen (secondary N) is 1. The molecular formula is C11H12N2O2. The molecule has 1 unspecified atom stereocenters. The van der Waals surface area contributed by atoms with Crippen LogP contribution in [-0.4, -0.2) is 22.1 Å². The monoisotopic (exact) mass is 204 g/mol. The molecule has 1 aromatic rings. The zero-order valence-electron chi connectivity index (χ0n) is 8.40. The van der Waals surface area contributed by atoms with E-state index in [-0.39, 0.29) is 11.7 Å². The lowest BCUT2D eigenvalue weighted by atomic mass is 10.2. The van der Waals surface area contributed by atoms with Crippen LogP contribution in [0.15, 0.2) is 18.3 Å². The predicted molar refractivity (Wildman–Crippen MR) is 57.7 cm³/mol. The summed E-state index contributed by atoms with van der Waals surface area (Å²) in [7, 11) is 0. The number of hydrogen-bond donors (Lipinski definition) is 2. The Balaban J connectivity index is 2.94. The van der Waals surface area contributed by atoms with Gasteiger partial charge in [0, 0.05) is 6.20 Å². The van der Waals surface area contributed by atoms with Crippen LogP contribution in [-0.2, 0) is 0 Å². The Bertz CT molecular complexity index is 396. The van der Waals surface area contributed by atoms with Gasteiger partial charge >= 0.3 is 5.97 Å². The standard InChI is InChI=1S/C11H12N2O2/c1-3-8(4-2)13-9-6-5-7-12-10(9)11(14)15/h1,5-8,13H,4H2,2H3,(H,14,15). The van der Waals surface area contributed by atoms with Gasteiger partial charge in [0.1, 0.15) is 0 Å². The van der Waals surface area contributed by atoms with Crippen molar-refractivity contribution in [2.75, 3.05) is 5.32 Å². The van der Waals surface area contributed by atoms with E-state index in [4.69, 9.17) is 11.5 Å². The lowest BCUT2D eigenvalue weighted by Crippen LogP contribution is -2.18. The normalized spacial score (nSPS) is 11.5. The van der Waals surface area contributed by atoms with Crippen molar-refractivity contribution in [2.24, 2.45) is 0 Å². The van der Waals surface area contributed by atoms with Gasteiger partial charge in [-0.1, -0.05) is 12.8 Å². The van der Waals surface area contributed by atoms with E-state index < -0.39 is 5.97 Å². The molecular weight excluding hydrogens is 192 g/mol. The molecule has 4 nitrogen and oxygen atoms in total. The van der Waals surface area contributed by atoms with Crippen molar-refractivity contribution >= 4 is 11.7 Å². The molecule has 0 bridgehead atoms. The fourth-order valence-corrected chi connectivity index (χ4v) is 1.14. The Kier molecular flexibility index (Phi) is 3.69. The van der Waals surface area contributed by atoms with Crippen molar-refractivity contribution in [3.05, 3.63) is 24.0 Å². The highest BCUT2D eigenvalue weighted by atomic mass is 16.4. The highest BCUT2D eigenvalue weighted by Crippen LogP contribution is 2.13. The van der Waals surface area contributed by atoms with Crippen LogP contribution >= 0.6 is 0 Å². The molecule has 1 aromatic heterocycles. The Morgan fingerprint density at radius 2 is 2.53 bits per heavy atom. The number of pyridine rings is 1. The van der Waals surface area contributed by atoms with Gasteiger partial charge in [0.15, 0.2) is 5.69 Å². The number of aromatic carboxylic acids is 1. The van der Waals surface area contributed by atoms with Gasteiger partial charge in [-0.15, -0.1) is 6.42 Å². The minimum Gasteiger partial charge on any atom is -0.476 e. The zero-order chi connectivity index (χ0) is 11.3. The molecule has 1 heterocycles. The van der Waals surface area contributed by atoms with Crippen LogP contribution in [0.2, 0.25) is 0 Å². The first-order valence-electron chi connectivity index (χ1n) is 4.60. The second kappa shape index (κ2) is 5.01. The average molecular weight is 204 g/mol. The fraction of sp³-hybridized carbons (Fsp3) is 0.273. The highest BCUT2D eigenvalue weighted by molar-refractivity contribution is 5.91. The van der Waals surface area contributed by atoms with Crippen LogP contribution in [0.25, 0.3) is 0 Å². The summed E-state index contributed by atoms with van der Waals surface area (Å²) in [6.45, 7) is 1.92. The van der Waals surface area contributed by atoms with Gasteiger partial charge in [0.25, 0.3) is 0 Å². The molecule has 1 rings (SSSR count). The minimum atomic E-state index is -1.06. The number of rotatable bonds is 4. The van der Waals surface area contributed by atoms with E-state index in [2.05, 4.69) is 16.2 Å². The van der Waals surface area contributed by atoms with Gasteiger partial charge < -0.3 is 10.4 Å². The lowest BCUT2D eigenvalue weighted by molar-refractivity contribution is 0.0691. The maximum atomic E-state index is 10.8. The van der Waals surface area contributed by atoms with Crippen LogP contribution in [0.5, 0.6) is 0 Å². The molecule has 78 valence electrons. The van der Waals surface area contributed by atoms with Crippen molar-refractivity contribution < 1.29 is 9.90 Å².